The lowest BCUT2D eigenvalue weighted by atomic mass is 10.1. The molecule has 1 unspecified atom stereocenters. The molecule has 0 aliphatic carbocycles. The highest BCUT2D eigenvalue weighted by Crippen LogP contribution is 2.20. The highest BCUT2D eigenvalue weighted by Gasteiger charge is 2.10. The Labute approximate surface area is 164 Å². The molecule has 1 amide bonds. The first-order chi connectivity index (χ1) is 13.5. The molecule has 0 aliphatic heterocycles. The van der Waals surface area contributed by atoms with Gasteiger partial charge in [-0.05, 0) is 35.9 Å². The predicted molar refractivity (Wildman–Crippen MR) is 112 cm³/mol. The van der Waals surface area contributed by atoms with Crippen LogP contribution in [0.15, 0.2) is 54.7 Å². The number of amides is 1. The van der Waals surface area contributed by atoms with Gasteiger partial charge in [-0.3, -0.25) is 4.79 Å². The Hall–Kier alpha value is -2.83. The van der Waals surface area contributed by atoms with Crippen LogP contribution in [0.5, 0.6) is 5.75 Å². The number of nitrogens with one attached hydrogen (secondary N) is 3. The number of anilines is 1. The number of benzene rings is 2. The lowest BCUT2D eigenvalue weighted by Gasteiger charge is -2.15. The van der Waals surface area contributed by atoms with Crippen molar-refractivity contribution < 1.29 is 14.6 Å². The van der Waals surface area contributed by atoms with Gasteiger partial charge in [-0.25, -0.2) is 0 Å². The molecule has 6 heteroatoms. The molecule has 28 heavy (non-hydrogen) atoms. The third-order valence-corrected chi connectivity index (χ3v) is 4.37. The number of carbonyl (C=O) groups excluding carboxylic acids is 1. The van der Waals surface area contributed by atoms with Gasteiger partial charge in [0.1, 0.15) is 18.5 Å². The molecule has 2 aromatic carbocycles. The van der Waals surface area contributed by atoms with E-state index >= 15 is 0 Å². The van der Waals surface area contributed by atoms with Gasteiger partial charge in [0.2, 0.25) is 5.91 Å². The number of para-hydroxylation sites is 1. The van der Waals surface area contributed by atoms with Crippen molar-refractivity contribution >= 4 is 22.5 Å². The minimum atomic E-state index is -0.571. The molecule has 0 aliphatic rings. The van der Waals surface area contributed by atoms with Crippen LogP contribution in [0.1, 0.15) is 19.4 Å². The summed E-state index contributed by atoms with van der Waals surface area (Å²) in [7, 11) is 0. The van der Waals surface area contributed by atoms with Crippen molar-refractivity contribution in [2.75, 3.05) is 18.5 Å². The monoisotopic (exact) mass is 381 g/mol. The minimum absolute atomic E-state index is 0.0754. The Bertz CT molecular complexity index is 903. The third kappa shape index (κ3) is 5.58. The van der Waals surface area contributed by atoms with Crippen LogP contribution in [-0.4, -0.2) is 41.3 Å². The van der Waals surface area contributed by atoms with E-state index in [4.69, 9.17) is 4.74 Å². The number of ether oxygens (including phenoxy) is 1. The van der Waals surface area contributed by atoms with Gasteiger partial charge in [0.05, 0.1) is 6.42 Å². The SMILES string of the molecule is CC(C)NCC(O)COc1ccc(NC(=O)Cc2c[nH]c3ccccc23)cc1. The van der Waals surface area contributed by atoms with Gasteiger partial charge in [-0.15, -0.1) is 0 Å². The van der Waals surface area contributed by atoms with Crippen molar-refractivity contribution in [2.45, 2.75) is 32.4 Å². The van der Waals surface area contributed by atoms with Gasteiger partial charge in [0.15, 0.2) is 0 Å². The summed E-state index contributed by atoms with van der Waals surface area (Å²) in [6.45, 7) is 4.75. The average Bonchev–Trinajstić information content (AvgIpc) is 3.08. The minimum Gasteiger partial charge on any atom is -0.491 e. The van der Waals surface area contributed by atoms with E-state index in [0.717, 1.165) is 16.5 Å². The molecule has 0 saturated heterocycles. The lowest BCUT2D eigenvalue weighted by molar-refractivity contribution is -0.115. The van der Waals surface area contributed by atoms with Crippen molar-refractivity contribution in [1.82, 2.24) is 10.3 Å². The number of H-pyrrole nitrogens is 1. The van der Waals surface area contributed by atoms with E-state index in [1.165, 1.54) is 0 Å². The normalized spacial score (nSPS) is 12.3. The number of rotatable bonds is 9. The summed E-state index contributed by atoms with van der Waals surface area (Å²) < 4.78 is 5.59. The summed E-state index contributed by atoms with van der Waals surface area (Å²) in [4.78, 5) is 15.5. The number of fused-ring (bicyclic) bond motifs is 1. The van der Waals surface area contributed by atoms with Crippen LogP contribution in [0.25, 0.3) is 10.9 Å². The van der Waals surface area contributed by atoms with E-state index in [9.17, 15) is 9.90 Å². The second-order valence-corrected chi connectivity index (χ2v) is 7.14. The first-order valence-electron chi connectivity index (χ1n) is 9.50. The number of aromatic amines is 1. The number of hydrogen-bond acceptors (Lipinski definition) is 4. The van der Waals surface area contributed by atoms with E-state index in [0.29, 0.717) is 30.4 Å². The zero-order valence-corrected chi connectivity index (χ0v) is 16.2. The molecular weight excluding hydrogens is 354 g/mol. The summed E-state index contributed by atoms with van der Waals surface area (Å²) >= 11 is 0. The zero-order chi connectivity index (χ0) is 19.9. The van der Waals surface area contributed by atoms with Crippen molar-refractivity contribution in [3.05, 3.63) is 60.3 Å². The summed E-state index contributed by atoms with van der Waals surface area (Å²) in [5.41, 5.74) is 2.70. The van der Waals surface area contributed by atoms with Crippen LogP contribution < -0.4 is 15.4 Å². The van der Waals surface area contributed by atoms with Gasteiger partial charge in [-0.2, -0.15) is 0 Å². The van der Waals surface area contributed by atoms with Crippen LogP contribution in [0.2, 0.25) is 0 Å². The molecule has 3 aromatic rings. The van der Waals surface area contributed by atoms with Crippen molar-refractivity contribution in [1.29, 1.82) is 0 Å². The second kappa shape index (κ2) is 9.39. The molecule has 1 aromatic heterocycles. The molecule has 6 nitrogen and oxygen atoms in total. The van der Waals surface area contributed by atoms with Crippen molar-refractivity contribution in [3.8, 4) is 5.75 Å². The largest absolute Gasteiger partial charge is 0.491 e. The number of carbonyl (C=O) groups is 1. The number of aliphatic hydroxyl groups excluding tert-OH is 1. The van der Waals surface area contributed by atoms with E-state index in [-0.39, 0.29) is 12.5 Å². The van der Waals surface area contributed by atoms with Crippen LogP contribution >= 0.6 is 0 Å². The average molecular weight is 381 g/mol. The molecule has 0 fully saturated rings. The van der Waals surface area contributed by atoms with Crippen LogP contribution in [0, 0.1) is 0 Å². The smallest absolute Gasteiger partial charge is 0.228 e. The molecule has 0 radical (unpaired) electrons. The predicted octanol–water partition coefficient (Wildman–Crippen LogP) is 3.09. The Morgan fingerprint density at radius 1 is 1.14 bits per heavy atom. The number of aromatic nitrogens is 1. The second-order valence-electron chi connectivity index (χ2n) is 7.14. The van der Waals surface area contributed by atoms with E-state index in [1.54, 1.807) is 24.3 Å². The van der Waals surface area contributed by atoms with E-state index < -0.39 is 6.10 Å². The molecule has 0 saturated carbocycles. The summed E-state index contributed by atoms with van der Waals surface area (Å²) in [6, 6.07) is 15.4. The molecular formula is C22H27N3O3. The Morgan fingerprint density at radius 2 is 1.89 bits per heavy atom. The fraction of sp³-hybridized carbons (Fsp3) is 0.318. The maximum absolute atomic E-state index is 12.4. The molecule has 0 spiro atoms. The van der Waals surface area contributed by atoms with Crippen molar-refractivity contribution in [3.63, 3.8) is 0 Å². The Kier molecular flexibility index (Phi) is 6.68. The Balaban J connectivity index is 1.49. The van der Waals surface area contributed by atoms with Crippen LogP contribution in [0.4, 0.5) is 5.69 Å². The molecule has 1 heterocycles. The third-order valence-electron chi connectivity index (χ3n) is 4.37. The van der Waals surface area contributed by atoms with Gasteiger partial charge in [-0.1, -0.05) is 32.0 Å². The van der Waals surface area contributed by atoms with Crippen molar-refractivity contribution in [2.24, 2.45) is 0 Å². The Morgan fingerprint density at radius 3 is 2.64 bits per heavy atom. The summed E-state index contributed by atoms with van der Waals surface area (Å²) in [5.74, 6) is 0.576. The van der Waals surface area contributed by atoms with Gasteiger partial charge in [0, 0.05) is 35.4 Å². The molecule has 0 bridgehead atoms. The molecule has 3 rings (SSSR count). The molecule has 4 N–H and O–H groups in total. The quantitative estimate of drug-likeness (QED) is 0.459. The van der Waals surface area contributed by atoms with Crippen LogP contribution in [-0.2, 0) is 11.2 Å². The van der Waals surface area contributed by atoms with Gasteiger partial charge in [0.25, 0.3) is 0 Å². The highest BCUT2D eigenvalue weighted by atomic mass is 16.5. The van der Waals surface area contributed by atoms with Gasteiger partial charge >= 0.3 is 0 Å². The van der Waals surface area contributed by atoms with E-state index in [2.05, 4.69) is 15.6 Å². The zero-order valence-electron chi connectivity index (χ0n) is 16.2. The lowest BCUT2D eigenvalue weighted by Crippen LogP contribution is -2.35. The number of aliphatic hydroxyl groups is 1. The molecule has 148 valence electrons. The fourth-order valence-corrected chi connectivity index (χ4v) is 2.91. The topological polar surface area (TPSA) is 86.4 Å². The van der Waals surface area contributed by atoms with Gasteiger partial charge < -0.3 is 25.5 Å². The maximum Gasteiger partial charge on any atom is 0.228 e. The molecule has 1 atom stereocenters. The first-order valence-corrected chi connectivity index (χ1v) is 9.50. The number of hydrogen-bond donors (Lipinski definition) is 4. The van der Waals surface area contributed by atoms with E-state index in [1.807, 2.05) is 44.3 Å². The highest BCUT2D eigenvalue weighted by molar-refractivity contribution is 5.95. The maximum atomic E-state index is 12.4. The van der Waals surface area contributed by atoms with Crippen LogP contribution in [0.3, 0.4) is 0 Å². The summed E-state index contributed by atoms with van der Waals surface area (Å²) in [5, 5.41) is 17.0. The standard InChI is InChI=1S/C22H27N3O3/c1-15(2)23-13-18(26)14-28-19-9-7-17(8-10-19)25-22(27)11-16-12-24-21-6-4-3-5-20(16)21/h3-10,12,15,18,23-24,26H,11,13-14H2,1-2H3,(H,25,27). The summed E-state index contributed by atoms with van der Waals surface area (Å²) in [6.07, 6.45) is 1.61. The fourth-order valence-electron chi connectivity index (χ4n) is 2.91. The first kappa shape index (κ1) is 19.9.